The van der Waals surface area contributed by atoms with Crippen molar-refractivity contribution in [2.75, 3.05) is 18.5 Å². The van der Waals surface area contributed by atoms with Gasteiger partial charge in [0.05, 0.1) is 5.92 Å². The molecule has 9 heteroatoms. The van der Waals surface area contributed by atoms with Gasteiger partial charge in [-0.3, -0.25) is 24.1 Å². The van der Waals surface area contributed by atoms with Crippen molar-refractivity contribution in [2.45, 2.75) is 50.5 Å². The van der Waals surface area contributed by atoms with Crippen molar-refractivity contribution in [1.82, 2.24) is 4.90 Å². The molecule has 0 unspecified atom stereocenters. The van der Waals surface area contributed by atoms with Gasteiger partial charge in [-0.25, -0.2) is 0 Å². The Morgan fingerprint density at radius 2 is 2.00 bits per heavy atom. The number of anilines is 1. The first-order valence-corrected chi connectivity index (χ1v) is 10.5. The minimum atomic E-state index is -1.20. The van der Waals surface area contributed by atoms with Crippen molar-refractivity contribution in [1.29, 1.82) is 0 Å². The summed E-state index contributed by atoms with van der Waals surface area (Å²) in [5.41, 5.74) is 0.221. The molecule has 31 heavy (non-hydrogen) atoms. The highest BCUT2D eigenvalue weighted by atomic mass is 16.6. The predicted molar refractivity (Wildman–Crippen MR) is 106 cm³/mol. The Hall–Kier alpha value is -2.94. The summed E-state index contributed by atoms with van der Waals surface area (Å²) < 4.78 is 16.4. The van der Waals surface area contributed by atoms with Gasteiger partial charge < -0.3 is 19.5 Å². The first kappa shape index (κ1) is 20.0. The minimum Gasteiger partial charge on any atom is -0.462 e. The van der Waals surface area contributed by atoms with Crippen molar-refractivity contribution in [3.8, 4) is 0 Å². The lowest BCUT2D eigenvalue weighted by molar-refractivity contribution is -0.201. The van der Waals surface area contributed by atoms with E-state index in [9.17, 15) is 19.2 Å². The van der Waals surface area contributed by atoms with Crippen LogP contribution in [0, 0.1) is 11.8 Å². The Balaban J connectivity index is 1.63. The number of hydrogen-bond donors (Lipinski definition) is 1. The number of nitrogens with one attached hydrogen (secondary N) is 1. The standard InChI is InChI=1S/C22H24N2O7/c1-11(25)29-10-16-19(30-12(2)26)17-15-8-5-9-24(15)22(18(17)20(27)31-16)13-6-3-4-7-14(13)23-21(22)28/h3-4,6-7,15-19H,5,8-10H2,1-2H3,(H,23,28)/t15-,16+,17-,18+,19+,22+/m0/s1. The van der Waals surface area contributed by atoms with Gasteiger partial charge in [-0.2, -0.15) is 0 Å². The maximum atomic E-state index is 13.5. The number of esters is 3. The summed E-state index contributed by atoms with van der Waals surface area (Å²) in [6, 6.07) is 7.23. The van der Waals surface area contributed by atoms with E-state index in [1.54, 1.807) is 0 Å². The number of rotatable bonds is 3. The van der Waals surface area contributed by atoms with Crippen molar-refractivity contribution in [3.63, 3.8) is 0 Å². The number of nitrogens with zero attached hydrogens (tertiary/aromatic N) is 1. The molecule has 0 bridgehead atoms. The summed E-state index contributed by atoms with van der Waals surface area (Å²) in [4.78, 5) is 52.3. The average molecular weight is 428 g/mol. The van der Waals surface area contributed by atoms with Gasteiger partial charge in [0, 0.05) is 37.1 Å². The monoisotopic (exact) mass is 428 g/mol. The second-order valence-corrected chi connectivity index (χ2v) is 8.58. The predicted octanol–water partition coefficient (Wildman–Crippen LogP) is 0.965. The van der Waals surface area contributed by atoms with Crippen LogP contribution in [0.3, 0.4) is 0 Å². The number of hydrogen-bond acceptors (Lipinski definition) is 8. The number of fused-ring (bicyclic) bond motifs is 7. The molecule has 3 saturated heterocycles. The summed E-state index contributed by atoms with van der Waals surface area (Å²) in [6.45, 7) is 3.00. The van der Waals surface area contributed by atoms with E-state index >= 15 is 0 Å². The summed E-state index contributed by atoms with van der Waals surface area (Å²) in [6.07, 6.45) is -0.102. The molecule has 0 aliphatic carbocycles. The molecule has 0 radical (unpaired) electrons. The maximum absolute atomic E-state index is 13.5. The zero-order valence-corrected chi connectivity index (χ0v) is 17.3. The molecule has 6 atom stereocenters. The van der Waals surface area contributed by atoms with E-state index in [2.05, 4.69) is 10.2 Å². The van der Waals surface area contributed by atoms with Gasteiger partial charge >= 0.3 is 17.9 Å². The lowest BCUT2D eigenvalue weighted by Gasteiger charge is -2.42. The van der Waals surface area contributed by atoms with Crippen LogP contribution in [0.2, 0.25) is 0 Å². The molecule has 1 aromatic carbocycles. The third-order valence-electron chi connectivity index (χ3n) is 6.98. The first-order valence-electron chi connectivity index (χ1n) is 10.5. The maximum Gasteiger partial charge on any atom is 0.312 e. The van der Waals surface area contributed by atoms with Gasteiger partial charge in [-0.05, 0) is 25.5 Å². The minimum absolute atomic E-state index is 0.140. The van der Waals surface area contributed by atoms with Gasteiger partial charge in [0.15, 0.2) is 6.10 Å². The van der Waals surface area contributed by atoms with Crippen LogP contribution in [0.1, 0.15) is 32.3 Å². The topological polar surface area (TPSA) is 111 Å². The molecule has 4 heterocycles. The van der Waals surface area contributed by atoms with E-state index < -0.39 is 47.5 Å². The smallest absolute Gasteiger partial charge is 0.312 e. The van der Waals surface area contributed by atoms with E-state index in [1.165, 1.54) is 13.8 Å². The number of benzene rings is 1. The van der Waals surface area contributed by atoms with Crippen LogP contribution in [-0.4, -0.2) is 60.1 Å². The zero-order valence-electron chi connectivity index (χ0n) is 17.3. The average Bonchev–Trinajstić information content (AvgIpc) is 3.36. The van der Waals surface area contributed by atoms with Crippen molar-refractivity contribution >= 4 is 29.5 Å². The molecule has 1 aromatic rings. The number of para-hydroxylation sites is 1. The Morgan fingerprint density at radius 3 is 2.74 bits per heavy atom. The molecule has 9 nitrogen and oxygen atoms in total. The van der Waals surface area contributed by atoms with Crippen LogP contribution in [0.25, 0.3) is 0 Å². The molecule has 1 spiro atoms. The summed E-state index contributed by atoms with van der Waals surface area (Å²) in [7, 11) is 0. The van der Waals surface area contributed by atoms with Crippen LogP contribution in [0.15, 0.2) is 24.3 Å². The van der Waals surface area contributed by atoms with Crippen LogP contribution < -0.4 is 5.32 Å². The first-order chi connectivity index (χ1) is 14.9. The van der Waals surface area contributed by atoms with Gasteiger partial charge in [0.1, 0.15) is 18.2 Å². The second kappa shape index (κ2) is 7.05. The van der Waals surface area contributed by atoms with Crippen LogP contribution in [0.4, 0.5) is 5.69 Å². The largest absolute Gasteiger partial charge is 0.462 e. The number of ether oxygens (including phenoxy) is 3. The third-order valence-corrected chi connectivity index (χ3v) is 6.98. The summed E-state index contributed by atoms with van der Waals surface area (Å²) >= 11 is 0. The fourth-order valence-corrected chi connectivity index (χ4v) is 6.12. The van der Waals surface area contributed by atoms with E-state index in [-0.39, 0.29) is 18.6 Å². The lowest BCUT2D eigenvalue weighted by atomic mass is 9.70. The Kier molecular flexibility index (Phi) is 4.55. The Bertz CT molecular complexity index is 978. The highest BCUT2D eigenvalue weighted by Gasteiger charge is 2.73. The Labute approximate surface area is 179 Å². The van der Waals surface area contributed by atoms with Crippen LogP contribution >= 0.6 is 0 Å². The molecule has 4 aliphatic heterocycles. The molecule has 3 fully saturated rings. The molecule has 1 N–H and O–H groups in total. The zero-order chi connectivity index (χ0) is 21.9. The summed E-state index contributed by atoms with van der Waals surface area (Å²) in [5.74, 6) is -3.12. The van der Waals surface area contributed by atoms with Crippen molar-refractivity contribution < 1.29 is 33.4 Å². The van der Waals surface area contributed by atoms with Crippen molar-refractivity contribution in [2.24, 2.45) is 11.8 Å². The normalized spacial score (nSPS) is 35.7. The Morgan fingerprint density at radius 1 is 1.23 bits per heavy atom. The molecular weight excluding hydrogens is 404 g/mol. The molecule has 0 saturated carbocycles. The molecule has 4 aliphatic rings. The quantitative estimate of drug-likeness (QED) is 0.560. The molecular formula is C22H24N2O7. The van der Waals surface area contributed by atoms with E-state index in [0.29, 0.717) is 12.2 Å². The highest BCUT2D eigenvalue weighted by Crippen LogP contribution is 2.60. The van der Waals surface area contributed by atoms with Gasteiger partial charge in [-0.1, -0.05) is 18.2 Å². The van der Waals surface area contributed by atoms with E-state index in [1.807, 2.05) is 24.3 Å². The molecule has 1 amide bonds. The van der Waals surface area contributed by atoms with E-state index in [4.69, 9.17) is 14.2 Å². The SMILES string of the molecule is CC(=O)OC[C@H]1OC(=O)[C@H]2[C@@H]([C@@H]1OC(C)=O)[C@@H]1CCCN1[C@@]21C(=O)Nc2ccccc21. The lowest BCUT2D eigenvalue weighted by Crippen LogP contribution is -2.58. The van der Waals surface area contributed by atoms with Gasteiger partial charge in [0.2, 0.25) is 0 Å². The second-order valence-electron chi connectivity index (χ2n) is 8.58. The number of cyclic esters (lactones) is 1. The fraction of sp³-hybridized carbons (Fsp3) is 0.545. The highest BCUT2D eigenvalue weighted by molar-refractivity contribution is 6.09. The number of carbonyl (C=O) groups excluding carboxylic acids is 4. The molecule has 164 valence electrons. The fourth-order valence-electron chi connectivity index (χ4n) is 6.12. The van der Waals surface area contributed by atoms with Crippen LogP contribution in [-0.2, 0) is 38.9 Å². The van der Waals surface area contributed by atoms with Gasteiger partial charge in [0.25, 0.3) is 5.91 Å². The number of carbonyl (C=O) groups is 4. The molecule has 0 aromatic heterocycles. The third kappa shape index (κ3) is 2.72. The van der Waals surface area contributed by atoms with Crippen molar-refractivity contribution in [3.05, 3.63) is 29.8 Å². The van der Waals surface area contributed by atoms with E-state index in [0.717, 1.165) is 18.4 Å². The number of amides is 1. The van der Waals surface area contributed by atoms with Crippen LogP contribution in [0.5, 0.6) is 0 Å². The molecule has 5 rings (SSSR count). The van der Waals surface area contributed by atoms with Gasteiger partial charge in [-0.15, -0.1) is 0 Å². The summed E-state index contributed by atoms with van der Waals surface area (Å²) in [5, 5.41) is 2.94.